The van der Waals surface area contributed by atoms with Crippen LogP contribution in [0.2, 0.25) is 0 Å². The number of benzene rings is 2. The number of aryl methyl sites for hydroxylation is 2. The summed E-state index contributed by atoms with van der Waals surface area (Å²) in [5, 5.41) is 13.3. The fraction of sp³-hybridized carbons (Fsp3) is 0.200. The molecule has 2 aromatic rings. The maximum Gasteiger partial charge on any atom is 0.331 e. The average Bonchev–Trinajstić information content (AvgIpc) is 3.13. The van der Waals surface area contributed by atoms with Crippen molar-refractivity contribution in [2.75, 3.05) is 11.9 Å². The van der Waals surface area contributed by atoms with Crippen molar-refractivity contribution in [3.05, 3.63) is 75.3 Å². The van der Waals surface area contributed by atoms with Gasteiger partial charge in [-0.3, -0.25) is 14.9 Å². The summed E-state index contributed by atoms with van der Waals surface area (Å²) in [5.74, 6) is -1.08. The van der Waals surface area contributed by atoms with Gasteiger partial charge < -0.3 is 10.1 Å². The highest BCUT2D eigenvalue weighted by Crippen LogP contribution is 2.24. The monoisotopic (exact) mass is 366 g/mol. The highest BCUT2D eigenvalue weighted by molar-refractivity contribution is 5.94. The van der Waals surface area contributed by atoms with Crippen LogP contribution in [0.15, 0.2) is 48.5 Å². The van der Waals surface area contributed by atoms with E-state index < -0.39 is 16.8 Å². The van der Waals surface area contributed by atoms with Gasteiger partial charge in [0.05, 0.1) is 4.92 Å². The highest BCUT2D eigenvalue weighted by atomic mass is 16.6. The van der Waals surface area contributed by atoms with E-state index in [1.165, 1.54) is 47.5 Å². The van der Waals surface area contributed by atoms with Crippen molar-refractivity contribution >= 4 is 29.3 Å². The SMILES string of the molecule is O=C(COC(=O)/C=C/c1ccc([N+](=O)[O-])cc1)Nc1ccc2c(c1)CCC2. The lowest BCUT2D eigenvalue weighted by Gasteiger charge is -2.07. The van der Waals surface area contributed by atoms with E-state index in [9.17, 15) is 19.7 Å². The van der Waals surface area contributed by atoms with Gasteiger partial charge in [0.2, 0.25) is 0 Å². The van der Waals surface area contributed by atoms with E-state index >= 15 is 0 Å². The number of fused-ring (bicyclic) bond motifs is 1. The van der Waals surface area contributed by atoms with E-state index in [1.54, 1.807) is 0 Å². The Hall–Kier alpha value is -3.48. The molecule has 1 aliphatic rings. The molecule has 3 rings (SSSR count). The Labute approximate surface area is 155 Å². The lowest BCUT2D eigenvalue weighted by molar-refractivity contribution is -0.384. The molecule has 0 bridgehead atoms. The molecule has 0 saturated carbocycles. The van der Waals surface area contributed by atoms with Crippen LogP contribution in [0.1, 0.15) is 23.1 Å². The molecule has 1 amide bonds. The summed E-state index contributed by atoms with van der Waals surface area (Å²) < 4.78 is 4.91. The second-order valence-electron chi connectivity index (χ2n) is 6.17. The first kappa shape index (κ1) is 18.3. The number of carbonyl (C=O) groups excluding carboxylic acids is 2. The summed E-state index contributed by atoms with van der Waals surface area (Å²) in [5.41, 5.74) is 3.84. The Morgan fingerprint density at radius 1 is 1.11 bits per heavy atom. The normalized spacial score (nSPS) is 12.6. The van der Waals surface area contributed by atoms with Gasteiger partial charge in [-0.05, 0) is 66.3 Å². The maximum absolute atomic E-state index is 11.9. The molecule has 7 nitrogen and oxygen atoms in total. The molecule has 0 fully saturated rings. The van der Waals surface area contributed by atoms with Crippen molar-refractivity contribution < 1.29 is 19.2 Å². The second kappa shape index (κ2) is 8.27. The number of nitro groups is 1. The summed E-state index contributed by atoms with van der Waals surface area (Å²) in [6, 6.07) is 11.5. The molecule has 0 spiro atoms. The Balaban J connectivity index is 1.46. The number of rotatable bonds is 6. The molecule has 0 saturated heterocycles. The summed E-state index contributed by atoms with van der Waals surface area (Å²) >= 11 is 0. The van der Waals surface area contributed by atoms with Crippen molar-refractivity contribution in [2.24, 2.45) is 0 Å². The smallest absolute Gasteiger partial charge is 0.331 e. The topological polar surface area (TPSA) is 98.5 Å². The molecule has 0 heterocycles. The van der Waals surface area contributed by atoms with Gasteiger partial charge in [0.1, 0.15) is 0 Å². The summed E-state index contributed by atoms with van der Waals surface area (Å²) in [6.07, 6.45) is 5.85. The van der Waals surface area contributed by atoms with Gasteiger partial charge in [-0.25, -0.2) is 4.79 Å². The summed E-state index contributed by atoms with van der Waals surface area (Å²) in [4.78, 5) is 33.7. The number of esters is 1. The number of non-ortho nitro benzene ring substituents is 1. The third kappa shape index (κ3) is 5.01. The minimum Gasteiger partial charge on any atom is -0.452 e. The fourth-order valence-electron chi connectivity index (χ4n) is 2.90. The van der Waals surface area contributed by atoms with Gasteiger partial charge in [-0.15, -0.1) is 0 Å². The van der Waals surface area contributed by atoms with Gasteiger partial charge in [-0.2, -0.15) is 0 Å². The van der Waals surface area contributed by atoms with Crippen molar-refractivity contribution in [3.63, 3.8) is 0 Å². The zero-order valence-electron chi connectivity index (χ0n) is 14.5. The molecule has 0 unspecified atom stereocenters. The summed E-state index contributed by atoms with van der Waals surface area (Å²) in [7, 11) is 0. The molecule has 7 heteroatoms. The molecule has 1 N–H and O–H groups in total. The van der Waals surface area contributed by atoms with Crippen LogP contribution < -0.4 is 5.32 Å². The van der Waals surface area contributed by atoms with Gasteiger partial charge >= 0.3 is 5.97 Å². The van der Waals surface area contributed by atoms with E-state index in [1.807, 2.05) is 18.2 Å². The van der Waals surface area contributed by atoms with Crippen LogP contribution in [0.4, 0.5) is 11.4 Å². The average molecular weight is 366 g/mol. The Bertz CT molecular complexity index is 903. The van der Waals surface area contributed by atoms with E-state index in [-0.39, 0.29) is 12.3 Å². The van der Waals surface area contributed by atoms with Crippen molar-refractivity contribution in [1.29, 1.82) is 0 Å². The van der Waals surface area contributed by atoms with Crippen LogP contribution in [0.25, 0.3) is 6.08 Å². The minimum absolute atomic E-state index is 0.0297. The standard InChI is InChI=1S/C20H18N2O5/c23-19(21-17-8-7-15-2-1-3-16(15)12-17)13-27-20(24)11-6-14-4-9-18(10-5-14)22(25)26/h4-12H,1-3,13H2,(H,21,23)/b11-6+. The predicted octanol–water partition coefficient (Wildman–Crippen LogP) is 3.28. The van der Waals surface area contributed by atoms with Crippen LogP contribution in [0.5, 0.6) is 0 Å². The van der Waals surface area contributed by atoms with E-state index in [0.29, 0.717) is 11.3 Å². The number of hydrogen-bond donors (Lipinski definition) is 1. The van der Waals surface area contributed by atoms with Gasteiger partial charge in [0.15, 0.2) is 6.61 Å². The highest BCUT2D eigenvalue weighted by Gasteiger charge is 2.12. The molecule has 0 atom stereocenters. The molecule has 2 aromatic carbocycles. The Morgan fingerprint density at radius 3 is 2.59 bits per heavy atom. The van der Waals surface area contributed by atoms with Crippen molar-refractivity contribution in [2.45, 2.75) is 19.3 Å². The number of nitrogens with one attached hydrogen (secondary N) is 1. The number of hydrogen-bond acceptors (Lipinski definition) is 5. The first-order valence-corrected chi connectivity index (χ1v) is 8.52. The van der Waals surface area contributed by atoms with E-state index in [2.05, 4.69) is 5.32 Å². The number of carbonyl (C=O) groups is 2. The Morgan fingerprint density at radius 2 is 1.85 bits per heavy atom. The molecule has 0 radical (unpaired) electrons. The number of nitrogens with zero attached hydrogens (tertiary/aromatic N) is 1. The molecular formula is C20H18N2O5. The van der Waals surface area contributed by atoms with Crippen LogP contribution in [-0.4, -0.2) is 23.4 Å². The zero-order valence-corrected chi connectivity index (χ0v) is 14.5. The first-order valence-electron chi connectivity index (χ1n) is 8.52. The quantitative estimate of drug-likeness (QED) is 0.366. The van der Waals surface area contributed by atoms with Crippen LogP contribution >= 0.6 is 0 Å². The number of amides is 1. The number of nitro benzene ring substituents is 1. The molecule has 1 aliphatic carbocycles. The molecule has 0 aliphatic heterocycles. The molecule has 138 valence electrons. The van der Waals surface area contributed by atoms with E-state index in [4.69, 9.17) is 4.74 Å². The van der Waals surface area contributed by atoms with Crippen LogP contribution in [-0.2, 0) is 27.2 Å². The van der Waals surface area contributed by atoms with Gasteiger partial charge in [-0.1, -0.05) is 6.07 Å². The zero-order chi connectivity index (χ0) is 19.2. The fourth-order valence-corrected chi connectivity index (χ4v) is 2.90. The second-order valence-corrected chi connectivity index (χ2v) is 6.17. The lowest BCUT2D eigenvalue weighted by atomic mass is 10.1. The molecule has 27 heavy (non-hydrogen) atoms. The van der Waals surface area contributed by atoms with Gasteiger partial charge in [0.25, 0.3) is 11.6 Å². The lowest BCUT2D eigenvalue weighted by Crippen LogP contribution is -2.20. The number of ether oxygens (including phenoxy) is 1. The van der Waals surface area contributed by atoms with Crippen LogP contribution in [0, 0.1) is 10.1 Å². The Kier molecular flexibility index (Phi) is 5.61. The minimum atomic E-state index is -0.669. The predicted molar refractivity (Wildman–Crippen MR) is 100 cm³/mol. The molecule has 0 aromatic heterocycles. The summed E-state index contributed by atoms with van der Waals surface area (Å²) in [6.45, 7) is -0.388. The van der Waals surface area contributed by atoms with Crippen molar-refractivity contribution in [3.8, 4) is 0 Å². The van der Waals surface area contributed by atoms with E-state index in [0.717, 1.165) is 19.3 Å². The van der Waals surface area contributed by atoms with Gasteiger partial charge in [0, 0.05) is 23.9 Å². The molecular weight excluding hydrogens is 348 g/mol. The third-order valence-corrected chi connectivity index (χ3v) is 4.24. The number of anilines is 1. The maximum atomic E-state index is 11.9. The largest absolute Gasteiger partial charge is 0.452 e. The van der Waals surface area contributed by atoms with Crippen LogP contribution in [0.3, 0.4) is 0 Å². The third-order valence-electron chi connectivity index (χ3n) is 4.24. The first-order chi connectivity index (χ1) is 13.0. The van der Waals surface area contributed by atoms with Crippen molar-refractivity contribution in [1.82, 2.24) is 0 Å².